The van der Waals surface area contributed by atoms with Crippen LogP contribution >= 0.6 is 0 Å². The molecular weight excluding hydrogens is 608 g/mol. The molecule has 0 radical (unpaired) electrons. The number of hydrogen-bond acceptors (Lipinski definition) is 5. The molecule has 0 rings (SSSR count). The highest BCUT2D eigenvalue weighted by Crippen LogP contribution is 2.17. The molecule has 0 fully saturated rings. The third kappa shape index (κ3) is 29.5. The molecule has 0 aromatic carbocycles. The molecule has 6 heteroatoms. The summed E-state index contributed by atoms with van der Waals surface area (Å²) in [6.07, 6.45) is 43.2. The average Bonchev–Trinajstić information content (AvgIpc) is 3.10. The van der Waals surface area contributed by atoms with E-state index in [1.165, 1.54) is 140 Å². The SMILES string of the molecule is CCCCCCCC/C=C\CCCCCCCC(=O)N(C(=O)C=CCCCCCCCCCCCCCCC)[C@@H](CCCCN)C(=O)OC. The van der Waals surface area contributed by atoms with Crippen molar-refractivity contribution < 1.29 is 19.1 Å². The topological polar surface area (TPSA) is 89.7 Å². The molecule has 0 aromatic rings. The van der Waals surface area contributed by atoms with Gasteiger partial charge in [-0.2, -0.15) is 0 Å². The van der Waals surface area contributed by atoms with Gasteiger partial charge >= 0.3 is 5.97 Å². The van der Waals surface area contributed by atoms with Crippen molar-refractivity contribution in [2.45, 2.75) is 219 Å². The van der Waals surface area contributed by atoms with E-state index in [1.807, 2.05) is 6.08 Å². The molecule has 2 amide bonds. The van der Waals surface area contributed by atoms with Crippen LogP contribution < -0.4 is 5.73 Å². The molecule has 1 atom stereocenters. The zero-order valence-corrected chi connectivity index (χ0v) is 32.7. The number of esters is 1. The van der Waals surface area contributed by atoms with Gasteiger partial charge in [-0.3, -0.25) is 14.5 Å². The summed E-state index contributed by atoms with van der Waals surface area (Å²) in [4.78, 5) is 40.7. The normalized spacial score (nSPS) is 12.2. The van der Waals surface area contributed by atoms with Crippen LogP contribution in [0.4, 0.5) is 0 Å². The van der Waals surface area contributed by atoms with E-state index in [1.54, 1.807) is 0 Å². The predicted octanol–water partition coefficient (Wildman–Crippen LogP) is 12.1. The van der Waals surface area contributed by atoms with Gasteiger partial charge in [0, 0.05) is 6.42 Å². The molecule has 286 valence electrons. The Morgan fingerprint density at radius 3 is 1.39 bits per heavy atom. The number of imide groups is 1. The minimum Gasteiger partial charge on any atom is -0.467 e. The highest BCUT2D eigenvalue weighted by Gasteiger charge is 2.33. The summed E-state index contributed by atoms with van der Waals surface area (Å²) in [7, 11) is 1.32. The van der Waals surface area contributed by atoms with Gasteiger partial charge in [-0.15, -0.1) is 0 Å². The standard InChI is InChI=1S/C43H80N2O4/c1-4-6-8-10-12-14-16-18-20-22-24-26-28-30-32-37-41(46)45(40(43(48)49-3)36-34-35-39-44)42(47)38-33-31-29-27-25-23-21-19-17-15-13-11-9-7-5-2/h18,20,33,38,40H,4-17,19,21-32,34-37,39,44H2,1-3H3/b20-18-,38-33?/t40-/m0/s1. The van der Waals surface area contributed by atoms with Gasteiger partial charge < -0.3 is 10.5 Å². The van der Waals surface area contributed by atoms with Crippen LogP contribution in [0.15, 0.2) is 24.3 Å². The van der Waals surface area contributed by atoms with Gasteiger partial charge in [-0.25, -0.2) is 4.79 Å². The number of nitrogens with two attached hydrogens (primary N) is 1. The third-order valence-corrected chi connectivity index (χ3v) is 9.61. The summed E-state index contributed by atoms with van der Waals surface area (Å²) in [6.45, 7) is 5.03. The van der Waals surface area contributed by atoms with Crippen LogP contribution in [0.1, 0.15) is 213 Å². The van der Waals surface area contributed by atoms with Crippen LogP contribution in [-0.2, 0) is 19.1 Å². The van der Waals surface area contributed by atoms with E-state index in [9.17, 15) is 14.4 Å². The second-order valence-corrected chi connectivity index (χ2v) is 14.2. The van der Waals surface area contributed by atoms with Gasteiger partial charge in [0.1, 0.15) is 6.04 Å². The predicted molar refractivity (Wildman–Crippen MR) is 209 cm³/mol. The fourth-order valence-electron chi connectivity index (χ4n) is 6.43. The van der Waals surface area contributed by atoms with E-state index in [2.05, 4.69) is 26.0 Å². The van der Waals surface area contributed by atoms with Gasteiger partial charge in [0.2, 0.25) is 5.91 Å². The van der Waals surface area contributed by atoms with E-state index < -0.39 is 17.9 Å². The zero-order chi connectivity index (χ0) is 36.0. The van der Waals surface area contributed by atoms with Crippen molar-refractivity contribution in [2.75, 3.05) is 13.7 Å². The first-order valence-electron chi connectivity index (χ1n) is 21.0. The number of ether oxygens (including phenoxy) is 1. The summed E-state index contributed by atoms with van der Waals surface area (Å²) < 4.78 is 5.04. The van der Waals surface area contributed by atoms with Gasteiger partial charge in [0.05, 0.1) is 7.11 Å². The first-order chi connectivity index (χ1) is 24.0. The lowest BCUT2D eigenvalue weighted by atomic mass is 10.0. The monoisotopic (exact) mass is 689 g/mol. The summed E-state index contributed by atoms with van der Waals surface area (Å²) in [5.41, 5.74) is 5.68. The largest absolute Gasteiger partial charge is 0.467 e. The number of unbranched alkanes of at least 4 members (excludes halogenated alkanes) is 25. The number of nitrogens with zero attached hydrogens (tertiary/aromatic N) is 1. The Morgan fingerprint density at radius 1 is 0.551 bits per heavy atom. The third-order valence-electron chi connectivity index (χ3n) is 9.61. The maximum atomic E-state index is 13.4. The molecule has 0 bridgehead atoms. The Labute approximate surface area is 303 Å². The Hall–Kier alpha value is -1.95. The number of hydrogen-bond donors (Lipinski definition) is 1. The molecular formula is C43H80N2O4. The van der Waals surface area contributed by atoms with Gasteiger partial charge in [0.15, 0.2) is 0 Å². The number of amides is 2. The Bertz CT molecular complexity index is 825. The summed E-state index contributed by atoms with van der Waals surface area (Å²) in [5.74, 6) is -1.22. The molecule has 0 aliphatic heterocycles. The molecule has 0 spiro atoms. The van der Waals surface area contributed by atoms with Crippen molar-refractivity contribution in [3.8, 4) is 0 Å². The molecule has 0 unspecified atom stereocenters. The van der Waals surface area contributed by atoms with Crippen molar-refractivity contribution in [1.29, 1.82) is 0 Å². The number of carbonyl (C=O) groups is 3. The molecule has 49 heavy (non-hydrogen) atoms. The highest BCUT2D eigenvalue weighted by atomic mass is 16.5. The fraction of sp³-hybridized carbons (Fsp3) is 0.837. The van der Waals surface area contributed by atoms with Crippen LogP contribution in [0.2, 0.25) is 0 Å². The van der Waals surface area contributed by atoms with Gasteiger partial charge in [-0.1, -0.05) is 160 Å². The molecule has 0 saturated carbocycles. The summed E-state index contributed by atoms with van der Waals surface area (Å²) in [5, 5.41) is 0. The quantitative estimate of drug-likeness (QED) is 0.0306. The Morgan fingerprint density at radius 2 is 0.959 bits per heavy atom. The second kappa shape index (κ2) is 37.3. The lowest BCUT2D eigenvalue weighted by Gasteiger charge is -2.27. The number of allylic oxidation sites excluding steroid dienone is 3. The molecule has 0 saturated heterocycles. The van der Waals surface area contributed by atoms with E-state index in [4.69, 9.17) is 10.5 Å². The zero-order valence-electron chi connectivity index (χ0n) is 32.7. The van der Waals surface area contributed by atoms with Crippen molar-refractivity contribution in [1.82, 2.24) is 4.90 Å². The van der Waals surface area contributed by atoms with E-state index in [0.717, 1.165) is 57.8 Å². The minimum atomic E-state index is -0.902. The second-order valence-electron chi connectivity index (χ2n) is 14.2. The minimum absolute atomic E-state index is 0.265. The maximum absolute atomic E-state index is 13.4. The molecule has 0 aliphatic carbocycles. The van der Waals surface area contributed by atoms with Gasteiger partial charge in [0.25, 0.3) is 5.91 Å². The smallest absolute Gasteiger partial charge is 0.329 e. The molecule has 0 aliphatic rings. The van der Waals surface area contributed by atoms with E-state index >= 15 is 0 Å². The first kappa shape index (κ1) is 47.0. The highest BCUT2D eigenvalue weighted by molar-refractivity contribution is 6.04. The Kier molecular flexibility index (Phi) is 35.8. The molecule has 6 nitrogen and oxygen atoms in total. The molecule has 0 heterocycles. The van der Waals surface area contributed by atoms with Crippen LogP contribution in [-0.4, -0.2) is 42.4 Å². The van der Waals surface area contributed by atoms with E-state index in [-0.39, 0.29) is 12.3 Å². The molecule has 0 aromatic heterocycles. The van der Waals surface area contributed by atoms with Crippen molar-refractivity contribution >= 4 is 17.8 Å². The van der Waals surface area contributed by atoms with Crippen LogP contribution in [0.5, 0.6) is 0 Å². The van der Waals surface area contributed by atoms with E-state index in [0.29, 0.717) is 19.4 Å². The number of carbonyl (C=O) groups excluding carboxylic acids is 3. The lowest BCUT2D eigenvalue weighted by Crippen LogP contribution is -2.48. The maximum Gasteiger partial charge on any atom is 0.329 e. The summed E-state index contributed by atoms with van der Waals surface area (Å²) >= 11 is 0. The summed E-state index contributed by atoms with van der Waals surface area (Å²) in [6, 6.07) is -0.902. The first-order valence-corrected chi connectivity index (χ1v) is 21.0. The van der Waals surface area contributed by atoms with Crippen molar-refractivity contribution in [3.05, 3.63) is 24.3 Å². The van der Waals surface area contributed by atoms with Crippen LogP contribution in [0, 0.1) is 0 Å². The van der Waals surface area contributed by atoms with Crippen LogP contribution in [0.25, 0.3) is 0 Å². The molecule has 2 N–H and O–H groups in total. The van der Waals surface area contributed by atoms with Crippen molar-refractivity contribution in [2.24, 2.45) is 5.73 Å². The Balaban J connectivity index is 4.53. The van der Waals surface area contributed by atoms with Crippen LogP contribution in [0.3, 0.4) is 0 Å². The average molecular weight is 689 g/mol. The lowest BCUT2D eigenvalue weighted by molar-refractivity contribution is -0.158. The number of rotatable bonds is 36. The number of methoxy groups -OCH3 is 1. The fourth-order valence-corrected chi connectivity index (χ4v) is 6.43. The van der Waals surface area contributed by atoms with Crippen molar-refractivity contribution in [3.63, 3.8) is 0 Å². The van der Waals surface area contributed by atoms with Gasteiger partial charge in [-0.05, 0) is 76.8 Å².